The van der Waals surface area contributed by atoms with Crippen LogP contribution in [0.1, 0.15) is 30.9 Å². The zero-order valence-corrected chi connectivity index (χ0v) is 26.3. The second-order valence-electron chi connectivity index (χ2n) is 10.5. The SMILES string of the molecule is CCCCNC(=O)C(Cc1ccccc1)N(Cc1ccccc1F)C(=O)CN(c1ccccc1OC)S(=O)(=O)c1ccccc1. The number of methoxy groups -OCH3 is 1. The van der Waals surface area contributed by atoms with Crippen LogP contribution >= 0.6 is 0 Å². The molecule has 10 heteroatoms. The molecular weight excluding hydrogens is 593 g/mol. The number of nitrogens with zero attached hydrogens (tertiary/aromatic N) is 2. The highest BCUT2D eigenvalue weighted by molar-refractivity contribution is 7.92. The molecule has 4 rings (SSSR count). The van der Waals surface area contributed by atoms with Crippen LogP contribution in [0.15, 0.2) is 114 Å². The van der Waals surface area contributed by atoms with Gasteiger partial charge in [0, 0.05) is 25.1 Å². The number of ether oxygens (including phenoxy) is 1. The third kappa shape index (κ3) is 8.48. The van der Waals surface area contributed by atoms with Gasteiger partial charge in [-0.3, -0.25) is 13.9 Å². The molecule has 1 unspecified atom stereocenters. The summed E-state index contributed by atoms with van der Waals surface area (Å²) in [6.07, 6.45) is 1.73. The van der Waals surface area contributed by atoms with Crippen molar-refractivity contribution in [2.24, 2.45) is 0 Å². The second-order valence-corrected chi connectivity index (χ2v) is 12.3. The summed E-state index contributed by atoms with van der Waals surface area (Å²) >= 11 is 0. The van der Waals surface area contributed by atoms with Gasteiger partial charge < -0.3 is 15.0 Å². The van der Waals surface area contributed by atoms with E-state index in [1.54, 1.807) is 60.7 Å². The first-order valence-electron chi connectivity index (χ1n) is 14.8. The highest BCUT2D eigenvalue weighted by atomic mass is 32.2. The number of hydrogen-bond acceptors (Lipinski definition) is 5. The fourth-order valence-electron chi connectivity index (χ4n) is 4.94. The summed E-state index contributed by atoms with van der Waals surface area (Å²) in [7, 11) is -2.88. The Kier molecular flexibility index (Phi) is 11.7. The van der Waals surface area contributed by atoms with E-state index in [-0.39, 0.29) is 34.9 Å². The van der Waals surface area contributed by atoms with Gasteiger partial charge in [-0.25, -0.2) is 12.8 Å². The topological polar surface area (TPSA) is 96.0 Å². The predicted molar refractivity (Wildman–Crippen MR) is 173 cm³/mol. The number of halogens is 1. The number of unbranched alkanes of at least 4 members (excludes halogenated alkanes) is 1. The van der Waals surface area contributed by atoms with Crippen LogP contribution in [0.3, 0.4) is 0 Å². The van der Waals surface area contributed by atoms with Crippen molar-refractivity contribution in [2.75, 3.05) is 24.5 Å². The molecule has 4 aromatic carbocycles. The maximum absolute atomic E-state index is 15.0. The summed E-state index contributed by atoms with van der Waals surface area (Å²) in [4.78, 5) is 29.5. The van der Waals surface area contributed by atoms with Gasteiger partial charge in [-0.1, -0.05) is 92.2 Å². The number of anilines is 1. The van der Waals surface area contributed by atoms with E-state index >= 15 is 4.39 Å². The standard InChI is InChI=1S/C35H38FN3O5S/c1-3-4-23-37-35(41)32(24-27-15-7-5-8-16-27)38(25-28-17-11-12-20-30(28)36)34(40)26-39(31-21-13-14-22-33(31)44-2)45(42,43)29-18-9-6-10-19-29/h5-22,32H,3-4,23-26H2,1-2H3,(H,37,41). The molecular formula is C35H38FN3O5S. The first-order chi connectivity index (χ1) is 21.8. The molecule has 0 spiro atoms. The van der Waals surface area contributed by atoms with Crippen molar-refractivity contribution >= 4 is 27.5 Å². The Hall–Kier alpha value is -4.70. The molecule has 236 valence electrons. The van der Waals surface area contributed by atoms with E-state index in [9.17, 15) is 18.0 Å². The van der Waals surface area contributed by atoms with Crippen LogP contribution < -0.4 is 14.4 Å². The number of sulfonamides is 1. The van der Waals surface area contributed by atoms with Crippen molar-refractivity contribution in [3.63, 3.8) is 0 Å². The highest BCUT2D eigenvalue weighted by Gasteiger charge is 2.35. The van der Waals surface area contributed by atoms with Crippen molar-refractivity contribution in [3.05, 3.63) is 126 Å². The summed E-state index contributed by atoms with van der Waals surface area (Å²) in [5.41, 5.74) is 1.13. The lowest BCUT2D eigenvalue weighted by atomic mass is 10.0. The van der Waals surface area contributed by atoms with Gasteiger partial charge in [0.05, 0.1) is 17.7 Å². The maximum atomic E-state index is 15.0. The zero-order chi connectivity index (χ0) is 32.2. The quantitative estimate of drug-likeness (QED) is 0.173. The van der Waals surface area contributed by atoms with Gasteiger partial charge in [0.25, 0.3) is 10.0 Å². The molecule has 1 atom stereocenters. The Morgan fingerprint density at radius 2 is 1.49 bits per heavy atom. The molecule has 4 aromatic rings. The molecule has 2 amide bonds. The lowest BCUT2D eigenvalue weighted by Crippen LogP contribution is -2.53. The van der Waals surface area contributed by atoms with E-state index in [0.29, 0.717) is 6.54 Å². The molecule has 0 aliphatic rings. The summed E-state index contributed by atoms with van der Waals surface area (Å²) < 4.78 is 49.7. The average molecular weight is 632 g/mol. The van der Waals surface area contributed by atoms with E-state index in [1.807, 2.05) is 37.3 Å². The monoisotopic (exact) mass is 631 g/mol. The first kappa shape index (κ1) is 33.2. The number of para-hydroxylation sites is 2. The number of benzene rings is 4. The van der Waals surface area contributed by atoms with Gasteiger partial charge in [0.2, 0.25) is 11.8 Å². The van der Waals surface area contributed by atoms with Crippen molar-refractivity contribution in [3.8, 4) is 5.75 Å². The lowest BCUT2D eigenvalue weighted by molar-refractivity contribution is -0.140. The molecule has 0 fully saturated rings. The Morgan fingerprint density at radius 3 is 2.16 bits per heavy atom. The van der Waals surface area contributed by atoms with Crippen LogP contribution in [-0.4, -0.2) is 51.4 Å². The Morgan fingerprint density at radius 1 is 0.867 bits per heavy atom. The van der Waals surface area contributed by atoms with Gasteiger partial charge in [-0.15, -0.1) is 0 Å². The number of nitrogens with one attached hydrogen (secondary N) is 1. The molecule has 0 bridgehead atoms. The van der Waals surface area contributed by atoms with Crippen molar-refractivity contribution in [2.45, 2.75) is 43.7 Å². The summed E-state index contributed by atoms with van der Waals surface area (Å²) in [5, 5.41) is 2.92. The van der Waals surface area contributed by atoms with Crippen molar-refractivity contribution < 1.29 is 27.1 Å². The smallest absolute Gasteiger partial charge is 0.264 e. The fourth-order valence-corrected chi connectivity index (χ4v) is 6.38. The summed E-state index contributed by atoms with van der Waals surface area (Å²) in [5.74, 6) is -1.40. The predicted octanol–water partition coefficient (Wildman–Crippen LogP) is 5.59. The molecule has 0 radical (unpaired) electrons. The summed E-state index contributed by atoms with van der Waals surface area (Å²) in [6, 6.07) is 28.4. The van der Waals surface area contributed by atoms with Crippen LogP contribution in [-0.2, 0) is 32.6 Å². The first-order valence-corrected chi connectivity index (χ1v) is 16.3. The third-order valence-electron chi connectivity index (χ3n) is 7.36. The molecule has 0 aromatic heterocycles. The van der Waals surface area contributed by atoms with E-state index in [4.69, 9.17) is 4.74 Å². The second kappa shape index (κ2) is 15.9. The van der Waals surface area contributed by atoms with Gasteiger partial charge >= 0.3 is 0 Å². The zero-order valence-electron chi connectivity index (χ0n) is 25.4. The third-order valence-corrected chi connectivity index (χ3v) is 9.14. The van der Waals surface area contributed by atoms with Crippen LogP contribution in [0.25, 0.3) is 0 Å². The molecule has 0 saturated carbocycles. The molecule has 0 aliphatic carbocycles. The fraction of sp³-hybridized carbons (Fsp3) is 0.257. The van der Waals surface area contributed by atoms with E-state index in [0.717, 1.165) is 22.7 Å². The molecule has 0 saturated heterocycles. The van der Waals surface area contributed by atoms with Crippen LogP contribution in [0.4, 0.5) is 10.1 Å². The minimum Gasteiger partial charge on any atom is -0.495 e. The highest BCUT2D eigenvalue weighted by Crippen LogP contribution is 2.32. The van der Waals surface area contributed by atoms with E-state index in [2.05, 4.69) is 5.32 Å². The number of hydrogen-bond donors (Lipinski definition) is 1. The number of amides is 2. The average Bonchev–Trinajstić information content (AvgIpc) is 3.06. The molecule has 45 heavy (non-hydrogen) atoms. The molecule has 8 nitrogen and oxygen atoms in total. The van der Waals surface area contributed by atoms with Crippen LogP contribution in [0, 0.1) is 5.82 Å². The van der Waals surface area contributed by atoms with Crippen molar-refractivity contribution in [1.29, 1.82) is 0 Å². The van der Waals surface area contributed by atoms with E-state index in [1.165, 1.54) is 30.2 Å². The number of carbonyl (C=O) groups excluding carboxylic acids is 2. The molecule has 1 N–H and O–H groups in total. The Bertz CT molecular complexity index is 1670. The summed E-state index contributed by atoms with van der Waals surface area (Å²) in [6.45, 7) is 1.48. The number of carbonyl (C=O) groups is 2. The van der Waals surface area contributed by atoms with Gasteiger partial charge in [-0.05, 0) is 42.3 Å². The number of rotatable bonds is 15. The molecule has 0 aliphatic heterocycles. The van der Waals surface area contributed by atoms with Gasteiger partial charge in [0.1, 0.15) is 24.2 Å². The Labute approximate surface area is 264 Å². The molecule has 0 heterocycles. The minimum atomic E-state index is -4.29. The lowest BCUT2D eigenvalue weighted by Gasteiger charge is -2.34. The van der Waals surface area contributed by atoms with E-state index < -0.39 is 40.2 Å². The largest absolute Gasteiger partial charge is 0.495 e. The van der Waals surface area contributed by atoms with Crippen LogP contribution in [0.5, 0.6) is 5.75 Å². The van der Waals surface area contributed by atoms with Crippen LogP contribution in [0.2, 0.25) is 0 Å². The van der Waals surface area contributed by atoms with Gasteiger partial charge in [0.15, 0.2) is 0 Å². The Balaban J connectivity index is 1.82. The normalized spacial score (nSPS) is 11.8. The van der Waals surface area contributed by atoms with Crippen molar-refractivity contribution in [1.82, 2.24) is 10.2 Å². The van der Waals surface area contributed by atoms with Gasteiger partial charge in [-0.2, -0.15) is 0 Å². The minimum absolute atomic E-state index is 0.0255. The maximum Gasteiger partial charge on any atom is 0.264 e.